The second-order valence-electron chi connectivity index (χ2n) is 6.03. The van der Waals surface area contributed by atoms with Crippen LogP contribution in [0, 0.1) is 43.7 Å². The molecule has 3 rings (SSSR count). The maximum atomic E-state index is 13.5. The topological polar surface area (TPSA) is 139 Å². The lowest BCUT2D eigenvalue weighted by molar-refractivity contribution is -0.387. The summed E-state index contributed by atoms with van der Waals surface area (Å²) in [5, 5.41) is 21.1. The van der Waals surface area contributed by atoms with E-state index < -0.39 is 56.6 Å². The molecule has 0 N–H and O–H groups in total. The molecule has 2 atom stereocenters. The van der Waals surface area contributed by atoms with E-state index in [0.717, 1.165) is 24.3 Å². The number of halogens is 2. The van der Waals surface area contributed by atoms with Crippen LogP contribution in [0.25, 0.3) is 0 Å². The number of carbonyl (C=O) groups excluding carboxylic acids is 2. The lowest BCUT2D eigenvalue weighted by Gasteiger charge is -2.05. The third-order valence-electron chi connectivity index (χ3n) is 4.06. The van der Waals surface area contributed by atoms with Gasteiger partial charge in [0.15, 0.2) is 0 Å². The van der Waals surface area contributed by atoms with Crippen LogP contribution in [-0.2, 0) is 9.59 Å². The van der Waals surface area contributed by atoms with Crippen LogP contribution in [0.3, 0.4) is 0 Å². The van der Waals surface area contributed by atoms with Crippen LogP contribution < -0.4 is 9.47 Å². The Labute approximate surface area is 159 Å². The van der Waals surface area contributed by atoms with Gasteiger partial charge in [0.25, 0.3) is 0 Å². The molecule has 1 fully saturated rings. The minimum atomic E-state index is -1.19. The van der Waals surface area contributed by atoms with E-state index in [2.05, 4.69) is 0 Å². The maximum absolute atomic E-state index is 13.5. The molecule has 0 aliphatic heterocycles. The smallest absolute Gasteiger partial charge is 0.315 e. The summed E-state index contributed by atoms with van der Waals surface area (Å²) in [4.78, 5) is 43.3. The standard InChI is InChI=1S/C17H10F2N2O8/c18-12-5-8(1-3-14(12)20(24)25)28-16(22)10-7-11(10)17(23)29-9-2-4-15(21(26)27)13(19)6-9/h1-6,10-11H,7H2/t10-,11-/m1/s1. The van der Waals surface area contributed by atoms with Gasteiger partial charge in [0.2, 0.25) is 11.6 Å². The van der Waals surface area contributed by atoms with Crippen LogP contribution in [0.5, 0.6) is 11.5 Å². The van der Waals surface area contributed by atoms with Crippen LogP contribution in [0.1, 0.15) is 6.42 Å². The first kappa shape index (κ1) is 19.8. The lowest BCUT2D eigenvalue weighted by atomic mass is 10.2. The molecule has 0 heterocycles. The number of nitro benzene ring substituents is 2. The molecular formula is C17H10F2N2O8. The Morgan fingerprint density at radius 3 is 1.52 bits per heavy atom. The molecular weight excluding hydrogens is 398 g/mol. The van der Waals surface area contributed by atoms with E-state index >= 15 is 0 Å². The van der Waals surface area contributed by atoms with Gasteiger partial charge in [0, 0.05) is 24.3 Å². The van der Waals surface area contributed by atoms with Crippen LogP contribution in [-0.4, -0.2) is 21.8 Å². The summed E-state index contributed by atoms with van der Waals surface area (Å²) in [5.41, 5.74) is -1.57. The minimum Gasteiger partial charge on any atom is -0.426 e. The second-order valence-corrected chi connectivity index (χ2v) is 6.03. The first-order valence-electron chi connectivity index (χ1n) is 7.98. The van der Waals surface area contributed by atoms with Gasteiger partial charge in [-0.1, -0.05) is 0 Å². The lowest BCUT2D eigenvalue weighted by Crippen LogP contribution is -2.17. The number of nitrogens with zero attached hydrogens (tertiary/aromatic N) is 2. The molecule has 0 unspecified atom stereocenters. The van der Waals surface area contributed by atoms with Gasteiger partial charge >= 0.3 is 23.3 Å². The molecule has 1 aliphatic carbocycles. The normalized spacial score (nSPS) is 17.3. The summed E-state index contributed by atoms with van der Waals surface area (Å²) in [6.45, 7) is 0. The predicted molar refractivity (Wildman–Crippen MR) is 89.0 cm³/mol. The fraction of sp³-hybridized carbons (Fsp3) is 0.176. The Hall–Kier alpha value is -3.96. The molecule has 12 heteroatoms. The zero-order valence-electron chi connectivity index (χ0n) is 14.2. The summed E-state index contributed by atoms with van der Waals surface area (Å²) in [5.74, 6) is -6.42. The van der Waals surface area contributed by atoms with Crippen molar-refractivity contribution >= 4 is 23.3 Å². The van der Waals surface area contributed by atoms with Crippen molar-refractivity contribution in [2.75, 3.05) is 0 Å². The second kappa shape index (κ2) is 7.58. The van der Waals surface area contributed by atoms with Gasteiger partial charge < -0.3 is 9.47 Å². The van der Waals surface area contributed by atoms with Gasteiger partial charge in [-0.3, -0.25) is 29.8 Å². The van der Waals surface area contributed by atoms with Crippen LogP contribution in [0.4, 0.5) is 20.2 Å². The van der Waals surface area contributed by atoms with E-state index in [0.29, 0.717) is 12.1 Å². The molecule has 150 valence electrons. The van der Waals surface area contributed by atoms with E-state index in [1.807, 2.05) is 0 Å². The Bertz CT molecular complexity index is 961. The highest BCUT2D eigenvalue weighted by atomic mass is 19.1. The van der Waals surface area contributed by atoms with Crippen LogP contribution in [0.15, 0.2) is 36.4 Å². The average molecular weight is 408 g/mol. The van der Waals surface area contributed by atoms with Crippen molar-refractivity contribution in [3.05, 3.63) is 68.3 Å². The molecule has 0 amide bonds. The summed E-state index contributed by atoms with van der Waals surface area (Å²) in [7, 11) is 0. The molecule has 1 saturated carbocycles. The Balaban J connectivity index is 1.59. The first-order valence-corrected chi connectivity index (χ1v) is 7.98. The van der Waals surface area contributed by atoms with Crippen molar-refractivity contribution in [3.8, 4) is 11.5 Å². The van der Waals surface area contributed by atoms with Gasteiger partial charge in [-0.2, -0.15) is 8.78 Å². The Morgan fingerprint density at radius 2 is 1.21 bits per heavy atom. The third-order valence-corrected chi connectivity index (χ3v) is 4.06. The van der Waals surface area contributed by atoms with Gasteiger partial charge in [0.1, 0.15) is 11.5 Å². The number of carbonyl (C=O) groups is 2. The third kappa shape index (κ3) is 4.31. The molecule has 0 saturated heterocycles. The summed E-state index contributed by atoms with van der Waals surface area (Å²) >= 11 is 0. The summed E-state index contributed by atoms with van der Waals surface area (Å²) in [6.07, 6.45) is 0.0720. The fourth-order valence-electron chi connectivity index (χ4n) is 2.50. The van der Waals surface area contributed by atoms with Crippen molar-refractivity contribution in [3.63, 3.8) is 0 Å². The van der Waals surface area contributed by atoms with E-state index in [9.17, 15) is 38.6 Å². The highest BCUT2D eigenvalue weighted by molar-refractivity contribution is 5.89. The number of ether oxygens (including phenoxy) is 2. The van der Waals surface area contributed by atoms with Gasteiger partial charge in [-0.25, -0.2) is 0 Å². The van der Waals surface area contributed by atoms with Crippen LogP contribution in [0.2, 0.25) is 0 Å². The molecule has 29 heavy (non-hydrogen) atoms. The highest BCUT2D eigenvalue weighted by Crippen LogP contribution is 2.41. The number of hydrogen-bond acceptors (Lipinski definition) is 8. The number of esters is 2. The molecule has 0 bridgehead atoms. The zero-order valence-corrected chi connectivity index (χ0v) is 14.2. The monoisotopic (exact) mass is 408 g/mol. The van der Waals surface area contributed by atoms with E-state index in [4.69, 9.17) is 9.47 Å². The molecule has 0 aromatic heterocycles. The quantitative estimate of drug-likeness (QED) is 0.308. The number of benzene rings is 2. The van der Waals surface area contributed by atoms with Crippen molar-refractivity contribution in [2.45, 2.75) is 6.42 Å². The fourth-order valence-corrected chi connectivity index (χ4v) is 2.50. The minimum absolute atomic E-state index is 0.0720. The number of hydrogen-bond donors (Lipinski definition) is 0. The van der Waals surface area contributed by atoms with Gasteiger partial charge in [-0.05, 0) is 18.6 Å². The Morgan fingerprint density at radius 1 is 0.828 bits per heavy atom. The van der Waals surface area contributed by atoms with Gasteiger partial charge in [-0.15, -0.1) is 0 Å². The highest BCUT2D eigenvalue weighted by Gasteiger charge is 2.51. The zero-order chi connectivity index (χ0) is 21.3. The first-order chi connectivity index (χ1) is 13.7. The SMILES string of the molecule is O=C(Oc1ccc([N+](=O)[O-])c(F)c1)[C@@H]1C[C@H]1C(=O)Oc1ccc([N+](=O)[O-])c(F)c1. The summed E-state index contributed by atoms with van der Waals surface area (Å²) < 4.78 is 36.9. The number of rotatable bonds is 6. The van der Waals surface area contributed by atoms with Gasteiger partial charge in [0.05, 0.1) is 21.7 Å². The molecule has 1 aliphatic rings. The maximum Gasteiger partial charge on any atom is 0.315 e. The van der Waals surface area contributed by atoms with Crippen molar-refractivity contribution in [1.82, 2.24) is 0 Å². The molecule has 2 aromatic carbocycles. The Kier molecular flexibility index (Phi) is 5.17. The largest absolute Gasteiger partial charge is 0.426 e. The van der Waals surface area contributed by atoms with E-state index in [-0.39, 0.29) is 17.9 Å². The van der Waals surface area contributed by atoms with Crippen LogP contribution >= 0.6 is 0 Å². The van der Waals surface area contributed by atoms with Crippen molar-refractivity contribution in [1.29, 1.82) is 0 Å². The number of nitro groups is 2. The van der Waals surface area contributed by atoms with Crippen molar-refractivity contribution < 1.29 is 37.7 Å². The van der Waals surface area contributed by atoms with E-state index in [1.54, 1.807) is 0 Å². The summed E-state index contributed by atoms with van der Waals surface area (Å²) in [6, 6.07) is 5.08. The van der Waals surface area contributed by atoms with Crippen molar-refractivity contribution in [2.24, 2.45) is 11.8 Å². The molecule has 2 aromatic rings. The average Bonchev–Trinajstić information content (AvgIpc) is 3.42. The molecule has 10 nitrogen and oxygen atoms in total. The predicted octanol–water partition coefficient (Wildman–Crippen LogP) is 2.93. The van der Waals surface area contributed by atoms with E-state index in [1.165, 1.54) is 0 Å². The molecule has 0 spiro atoms. The molecule has 0 radical (unpaired) electrons.